The van der Waals surface area contributed by atoms with Crippen molar-refractivity contribution in [3.05, 3.63) is 23.9 Å². The minimum absolute atomic E-state index is 0.0308. The van der Waals surface area contributed by atoms with Gasteiger partial charge in [0.25, 0.3) is 0 Å². The molecule has 0 aromatic carbocycles. The van der Waals surface area contributed by atoms with Crippen LogP contribution in [-0.4, -0.2) is 22.7 Å². The van der Waals surface area contributed by atoms with Crippen LogP contribution in [-0.2, 0) is 4.79 Å². The zero-order valence-electron chi connectivity index (χ0n) is 11.6. The molecule has 4 nitrogen and oxygen atoms in total. The summed E-state index contributed by atoms with van der Waals surface area (Å²) in [6.45, 7) is 2.20. The zero-order valence-corrected chi connectivity index (χ0v) is 12.4. The number of amides is 1. The van der Waals surface area contributed by atoms with E-state index in [-0.39, 0.29) is 5.91 Å². The van der Waals surface area contributed by atoms with E-state index in [2.05, 4.69) is 23.3 Å². The maximum Gasteiger partial charge on any atom is 0.230 e. The number of rotatable bonds is 4. The van der Waals surface area contributed by atoms with E-state index in [0.717, 1.165) is 6.42 Å². The van der Waals surface area contributed by atoms with Crippen molar-refractivity contribution in [1.29, 1.82) is 5.26 Å². The van der Waals surface area contributed by atoms with Crippen LogP contribution in [0.1, 0.15) is 38.2 Å². The van der Waals surface area contributed by atoms with E-state index in [1.54, 1.807) is 18.3 Å². The fourth-order valence-electron chi connectivity index (χ4n) is 2.50. The van der Waals surface area contributed by atoms with Crippen LogP contribution in [0.15, 0.2) is 23.4 Å². The lowest BCUT2D eigenvalue weighted by atomic mass is 9.86. The van der Waals surface area contributed by atoms with Crippen molar-refractivity contribution >= 4 is 17.7 Å². The molecule has 1 saturated carbocycles. The molecule has 1 fully saturated rings. The minimum atomic E-state index is 0.0308. The summed E-state index contributed by atoms with van der Waals surface area (Å²) in [5.74, 6) is 0.903. The fourth-order valence-corrected chi connectivity index (χ4v) is 3.26. The first-order valence-electron chi connectivity index (χ1n) is 6.98. The summed E-state index contributed by atoms with van der Waals surface area (Å²) in [5.41, 5.74) is 0.524. The Bertz CT molecular complexity index is 512. The number of nitriles is 1. The van der Waals surface area contributed by atoms with Crippen LogP contribution in [0.5, 0.6) is 0 Å². The molecule has 5 heteroatoms. The number of nitrogens with one attached hydrogen (secondary N) is 1. The Morgan fingerprint density at radius 2 is 2.35 bits per heavy atom. The standard InChI is InChI=1S/C15H19N3OS/c1-11-5-2-3-7-13(11)18-14(19)10-20-15-12(9-16)6-4-8-17-15/h4,6,8,11,13H,2-3,5,7,10H2,1H3,(H,18,19)/t11-,13-/m0/s1. The smallest absolute Gasteiger partial charge is 0.230 e. The summed E-state index contributed by atoms with van der Waals surface area (Å²) in [6, 6.07) is 5.84. The first-order valence-corrected chi connectivity index (χ1v) is 7.96. The maximum absolute atomic E-state index is 12.0. The van der Waals surface area contributed by atoms with E-state index in [9.17, 15) is 4.79 Å². The molecule has 0 bridgehead atoms. The quantitative estimate of drug-likeness (QED) is 0.866. The molecule has 1 N–H and O–H groups in total. The highest BCUT2D eigenvalue weighted by Gasteiger charge is 2.22. The SMILES string of the molecule is C[C@H]1CCCC[C@@H]1NC(=O)CSc1ncccc1C#N. The van der Waals surface area contributed by atoms with Crippen LogP contribution < -0.4 is 5.32 Å². The van der Waals surface area contributed by atoms with Gasteiger partial charge in [0.15, 0.2) is 0 Å². The molecule has 1 heterocycles. The molecule has 0 aliphatic heterocycles. The second-order valence-corrected chi connectivity index (χ2v) is 6.16. The van der Waals surface area contributed by atoms with E-state index in [1.165, 1.54) is 31.0 Å². The van der Waals surface area contributed by atoms with Gasteiger partial charge in [0.2, 0.25) is 5.91 Å². The highest BCUT2D eigenvalue weighted by Crippen LogP contribution is 2.24. The van der Waals surface area contributed by atoms with Gasteiger partial charge in [0, 0.05) is 12.2 Å². The number of aromatic nitrogens is 1. The van der Waals surface area contributed by atoms with Gasteiger partial charge in [0.05, 0.1) is 11.3 Å². The summed E-state index contributed by atoms with van der Waals surface area (Å²) < 4.78 is 0. The van der Waals surface area contributed by atoms with Crippen LogP contribution >= 0.6 is 11.8 Å². The first kappa shape index (κ1) is 14.9. The van der Waals surface area contributed by atoms with Gasteiger partial charge in [-0.25, -0.2) is 4.98 Å². The number of hydrogen-bond acceptors (Lipinski definition) is 4. The molecular formula is C15H19N3OS. The predicted octanol–water partition coefficient (Wildman–Crippen LogP) is 2.74. The summed E-state index contributed by atoms with van der Waals surface area (Å²) in [6.07, 6.45) is 6.37. The van der Waals surface area contributed by atoms with Crippen molar-refractivity contribution < 1.29 is 4.79 Å². The van der Waals surface area contributed by atoms with E-state index in [0.29, 0.717) is 28.3 Å². The van der Waals surface area contributed by atoms with Gasteiger partial charge in [0.1, 0.15) is 11.1 Å². The molecule has 0 radical (unpaired) electrons. The molecule has 0 unspecified atom stereocenters. The topological polar surface area (TPSA) is 65.8 Å². The normalized spacial score (nSPS) is 22.0. The summed E-state index contributed by atoms with van der Waals surface area (Å²) in [7, 11) is 0. The lowest BCUT2D eigenvalue weighted by Gasteiger charge is -2.29. The summed E-state index contributed by atoms with van der Waals surface area (Å²) in [5, 5.41) is 12.7. The molecule has 2 atom stereocenters. The van der Waals surface area contributed by atoms with Crippen molar-refractivity contribution in [2.45, 2.75) is 43.7 Å². The minimum Gasteiger partial charge on any atom is -0.352 e. The number of pyridine rings is 1. The third kappa shape index (κ3) is 3.97. The molecule has 1 aliphatic rings. The lowest BCUT2D eigenvalue weighted by Crippen LogP contribution is -2.41. The van der Waals surface area contributed by atoms with Gasteiger partial charge in [-0.2, -0.15) is 5.26 Å². The van der Waals surface area contributed by atoms with E-state index >= 15 is 0 Å². The maximum atomic E-state index is 12.0. The molecule has 1 aliphatic carbocycles. The van der Waals surface area contributed by atoms with Crippen molar-refractivity contribution in [3.8, 4) is 6.07 Å². The molecule has 0 spiro atoms. The van der Waals surface area contributed by atoms with Crippen molar-refractivity contribution in [1.82, 2.24) is 10.3 Å². The Kier molecular flexibility index (Phi) is 5.42. The lowest BCUT2D eigenvalue weighted by molar-refractivity contribution is -0.119. The van der Waals surface area contributed by atoms with Gasteiger partial charge in [-0.3, -0.25) is 4.79 Å². The molecule has 106 valence electrons. The average Bonchev–Trinajstić information content (AvgIpc) is 2.48. The van der Waals surface area contributed by atoms with Crippen molar-refractivity contribution in [2.24, 2.45) is 5.92 Å². The largest absolute Gasteiger partial charge is 0.352 e. The summed E-state index contributed by atoms with van der Waals surface area (Å²) in [4.78, 5) is 16.1. The third-order valence-corrected chi connectivity index (χ3v) is 4.69. The van der Waals surface area contributed by atoms with Crippen LogP contribution in [0.3, 0.4) is 0 Å². The molecule has 1 amide bonds. The number of hydrogen-bond donors (Lipinski definition) is 1. The first-order chi connectivity index (χ1) is 9.70. The van der Waals surface area contributed by atoms with Gasteiger partial charge in [-0.15, -0.1) is 0 Å². The number of carbonyl (C=O) groups is 1. The van der Waals surface area contributed by atoms with E-state index < -0.39 is 0 Å². The second-order valence-electron chi connectivity index (χ2n) is 5.19. The average molecular weight is 289 g/mol. The molecule has 1 aromatic heterocycles. The van der Waals surface area contributed by atoms with Gasteiger partial charge in [-0.05, 0) is 30.9 Å². The van der Waals surface area contributed by atoms with Crippen molar-refractivity contribution in [2.75, 3.05) is 5.75 Å². The van der Waals surface area contributed by atoms with Crippen LogP contribution in [0.2, 0.25) is 0 Å². The molecule has 1 aromatic rings. The van der Waals surface area contributed by atoms with Crippen molar-refractivity contribution in [3.63, 3.8) is 0 Å². The van der Waals surface area contributed by atoms with Crippen LogP contribution in [0, 0.1) is 17.2 Å². The number of thioether (sulfide) groups is 1. The predicted molar refractivity (Wildman–Crippen MR) is 79.2 cm³/mol. The Labute approximate surface area is 124 Å². The molecule has 2 rings (SSSR count). The van der Waals surface area contributed by atoms with E-state index in [4.69, 9.17) is 5.26 Å². The monoisotopic (exact) mass is 289 g/mol. The van der Waals surface area contributed by atoms with Crippen LogP contribution in [0.25, 0.3) is 0 Å². The summed E-state index contributed by atoms with van der Waals surface area (Å²) >= 11 is 1.32. The second kappa shape index (κ2) is 7.30. The van der Waals surface area contributed by atoms with Gasteiger partial charge in [-0.1, -0.05) is 31.5 Å². The number of carbonyl (C=O) groups excluding carboxylic acids is 1. The van der Waals surface area contributed by atoms with Gasteiger partial charge < -0.3 is 5.32 Å². The van der Waals surface area contributed by atoms with Gasteiger partial charge >= 0.3 is 0 Å². The zero-order chi connectivity index (χ0) is 14.4. The molecule has 20 heavy (non-hydrogen) atoms. The molecular weight excluding hydrogens is 270 g/mol. The van der Waals surface area contributed by atoms with E-state index in [1.807, 2.05) is 0 Å². The van der Waals surface area contributed by atoms with Crippen LogP contribution in [0.4, 0.5) is 0 Å². The Hall–Kier alpha value is -1.54. The number of nitrogens with zero attached hydrogens (tertiary/aromatic N) is 2. The molecule has 0 saturated heterocycles. The highest BCUT2D eigenvalue weighted by atomic mass is 32.2. The highest BCUT2D eigenvalue weighted by molar-refractivity contribution is 7.99. The third-order valence-electron chi connectivity index (χ3n) is 3.69. The Balaban J connectivity index is 1.84. The Morgan fingerprint density at radius 1 is 1.55 bits per heavy atom. The Morgan fingerprint density at radius 3 is 3.10 bits per heavy atom. The fraction of sp³-hybridized carbons (Fsp3) is 0.533.